The number of hydrogen-bond donors (Lipinski definition) is 0. The molecule has 3 heteroatoms. The molecule has 1 fully saturated rings. The summed E-state index contributed by atoms with van der Waals surface area (Å²) in [4.78, 5) is 0. The molecule has 0 atom stereocenters. The van der Waals surface area contributed by atoms with Crippen LogP contribution in [0.25, 0.3) is 11.0 Å². The Balaban J connectivity index is 1.57. The van der Waals surface area contributed by atoms with Gasteiger partial charge in [0.05, 0.1) is 13.2 Å². The molecule has 2 heterocycles. The molecule has 1 saturated heterocycles. The van der Waals surface area contributed by atoms with Gasteiger partial charge < -0.3 is 13.9 Å². The van der Waals surface area contributed by atoms with E-state index in [4.69, 9.17) is 13.9 Å². The number of ether oxygens (including phenoxy) is 2. The van der Waals surface area contributed by atoms with Crippen LogP contribution in [-0.4, -0.2) is 13.2 Å². The molecule has 0 N–H and O–H groups in total. The van der Waals surface area contributed by atoms with E-state index in [0.29, 0.717) is 5.92 Å². The molecule has 0 spiro atoms. The van der Waals surface area contributed by atoms with Gasteiger partial charge in [-0.25, -0.2) is 0 Å². The van der Waals surface area contributed by atoms with Gasteiger partial charge in [0, 0.05) is 11.3 Å². The van der Waals surface area contributed by atoms with E-state index >= 15 is 0 Å². The van der Waals surface area contributed by atoms with Crippen molar-refractivity contribution in [1.82, 2.24) is 0 Å². The minimum absolute atomic E-state index is 0.343. The third kappa shape index (κ3) is 3.05. The lowest BCUT2D eigenvalue weighted by Crippen LogP contribution is -2.26. The number of rotatable bonds is 5. The minimum atomic E-state index is -0.343. The molecular weight excluding hydrogens is 252 g/mol. The van der Waals surface area contributed by atoms with Crippen molar-refractivity contribution in [2.24, 2.45) is 5.92 Å². The van der Waals surface area contributed by atoms with Crippen LogP contribution in [0.5, 0.6) is 0 Å². The predicted molar refractivity (Wildman–Crippen MR) is 78.5 cm³/mol. The monoisotopic (exact) mass is 274 g/mol. The number of hydrogen-bond acceptors (Lipinski definition) is 3. The summed E-state index contributed by atoms with van der Waals surface area (Å²) < 4.78 is 17.4. The first kappa shape index (κ1) is 13.7. The van der Waals surface area contributed by atoms with Gasteiger partial charge in [-0.05, 0) is 18.6 Å². The van der Waals surface area contributed by atoms with Crippen molar-refractivity contribution < 1.29 is 13.9 Å². The standard InChI is InChI=1S/C17H22O3/c1-2-3-4-7-13-11-18-17(19-12-13)16-10-14-8-5-6-9-15(14)20-16/h5-6,8-10,13,17H,2-4,7,11-12H2,1H3. The second-order valence-corrected chi connectivity index (χ2v) is 5.55. The summed E-state index contributed by atoms with van der Waals surface area (Å²) in [6, 6.07) is 10.0. The molecule has 1 aliphatic rings. The zero-order valence-electron chi connectivity index (χ0n) is 12.0. The first-order valence-corrected chi connectivity index (χ1v) is 7.58. The lowest BCUT2D eigenvalue weighted by molar-refractivity contribution is -0.213. The molecular formula is C17H22O3. The number of unbranched alkanes of at least 4 members (excludes halogenated alkanes) is 2. The summed E-state index contributed by atoms with van der Waals surface area (Å²) >= 11 is 0. The Kier molecular flexibility index (Phi) is 4.38. The SMILES string of the molecule is CCCCCC1COC(c2cc3ccccc3o2)OC1. The molecule has 20 heavy (non-hydrogen) atoms. The van der Waals surface area contributed by atoms with Crippen LogP contribution in [0.4, 0.5) is 0 Å². The van der Waals surface area contributed by atoms with Gasteiger partial charge in [-0.3, -0.25) is 0 Å². The fourth-order valence-electron chi connectivity index (χ4n) is 2.68. The van der Waals surface area contributed by atoms with E-state index in [1.54, 1.807) is 0 Å². The number of fused-ring (bicyclic) bond motifs is 1. The van der Waals surface area contributed by atoms with Crippen LogP contribution < -0.4 is 0 Å². The fourth-order valence-corrected chi connectivity index (χ4v) is 2.68. The Labute approximate surface area is 119 Å². The van der Waals surface area contributed by atoms with Gasteiger partial charge in [-0.2, -0.15) is 0 Å². The van der Waals surface area contributed by atoms with E-state index in [1.807, 2.05) is 30.3 Å². The summed E-state index contributed by atoms with van der Waals surface area (Å²) in [6.45, 7) is 3.77. The average Bonchev–Trinajstić information content (AvgIpc) is 2.92. The average molecular weight is 274 g/mol. The Hall–Kier alpha value is -1.32. The van der Waals surface area contributed by atoms with Crippen molar-refractivity contribution >= 4 is 11.0 Å². The van der Waals surface area contributed by atoms with Gasteiger partial charge in [-0.1, -0.05) is 44.4 Å². The van der Waals surface area contributed by atoms with Crippen LogP contribution in [-0.2, 0) is 9.47 Å². The molecule has 1 aromatic heterocycles. The molecule has 0 radical (unpaired) electrons. The Morgan fingerprint density at radius 2 is 1.90 bits per heavy atom. The van der Waals surface area contributed by atoms with Gasteiger partial charge in [-0.15, -0.1) is 0 Å². The smallest absolute Gasteiger partial charge is 0.217 e. The summed E-state index contributed by atoms with van der Waals surface area (Å²) in [7, 11) is 0. The molecule has 0 amide bonds. The number of para-hydroxylation sites is 1. The predicted octanol–water partition coefficient (Wildman–Crippen LogP) is 4.67. The van der Waals surface area contributed by atoms with Crippen LogP contribution in [0.3, 0.4) is 0 Å². The normalized spacial score (nSPS) is 23.2. The Morgan fingerprint density at radius 3 is 2.65 bits per heavy atom. The van der Waals surface area contributed by atoms with E-state index in [0.717, 1.165) is 29.9 Å². The number of furan rings is 1. The molecule has 1 aromatic carbocycles. The lowest BCUT2D eigenvalue weighted by Gasteiger charge is -2.28. The maximum absolute atomic E-state index is 5.82. The van der Waals surface area contributed by atoms with Crippen molar-refractivity contribution in [2.75, 3.05) is 13.2 Å². The Morgan fingerprint density at radius 1 is 1.10 bits per heavy atom. The topological polar surface area (TPSA) is 31.6 Å². The van der Waals surface area contributed by atoms with Crippen LogP contribution >= 0.6 is 0 Å². The zero-order valence-corrected chi connectivity index (χ0v) is 12.0. The second-order valence-electron chi connectivity index (χ2n) is 5.55. The fraction of sp³-hybridized carbons (Fsp3) is 0.529. The van der Waals surface area contributed by atoms with Crippen molar-refractivity contribution in [1.29, 1.82) is 0 Å². The van der Waals surface area contributed by atoms with Gasteiger partial charge in [0.2, 0.25) is 6.29 Å². The molecule has 3 nitrogen and oxygen atoms in total. The van der Waals surface area contributed by atoms with Crippen molar-refractivity contribution in [2.45, 2.75) is 38.9 Å². The van der Waals surface area contributed by atoms with Crippen molar-refractivity contribution in [3.8, 4) is 0 Å². The summed E-state index contributed by atoms with van der Waals surface area (Å²) in [5.41, 5.74) is 0.889. The first-order valence-electron chi connectivity index (χ1n) is 7.58. The van der Waals surface area contributed by atoms with Crippen LogP contribution in [0.1, 0.15) is 44.7 Å². The van der Waals surface area contributed by atoms with Crippen LogP contribution in [0.2, 0.25) is 0 Å². The quantitative estimate of drug-likeness (QED) is 0.742. The molecule has 0 unspecified atom stereocenters. The van der Waals surface area contributed by atoms with E-state index in [-0.39, 0.29) is 6.29 Å². The molecule has 0 saturated carbocycles. The third-order valence-electron chi connectivity index (χ3n) is 3.86. The maximum atomic E-state index is 5.82. The lowest BCUT2D eigenvalue weighted by atomic mass is 10.0. The number of benzene rings is 1. The van der Waals surface area contributed by atoms with Gasteiger partial charge in [0.15, 0.2) is 5.76 Å². The minimum Gasteiger partial charge on any atom is -0.456 e. The molecule has 108 valence electrons. The highest BCUT2D eigenvalue weighted by Crippen LogP contribution is 2.31. The van der Waals surface area contributed by atoms with E-state index in [1.165, 1.54) is 25.7 Å². The van der Waals surface area contributed by atoms with Gasteiger partial charge >= 0.3 is 0 Å². The highest BCUT2D eigenvalue weighted by atomic mass is 16.7. The highest BCUT2D eigenvalue weighted by molar-refractivity contribution is 5.77. The Bertz CT molecular complexity index is 505. The molecule has 3 rings (SSSR count). The van der Waals surface area contributed by atoms with E-state index in [2.05, 4.69) is 6.92 Å². The van der Waals surface area contributed by atoms with Crippen LogP contribution in [0, 0.1) is 5.92 Å². The maximum Gasteiger partial charge on any atom is 0.217 e. The van der Waals surface area contributed by atoms with Crippen molar-refractivity contribution in [3.63, 3.8) is 0 Å². The van der Waals surface area contributed by atoms with Crippen LogP contribution in [0.15, 0.2) is 34.7 Å². The summed E-state index contributed by atoms with van der Waals surface area (Å²) in [6.07, 6.45) is 4.67. The molecule has 2 aromatic rings. The summed E-state index contributed by atoms with van der Waals surface area (Å²) in [5.74, 6) is 1.31. The van der Waals surface area contributed by atoms with Crippen molar-refractivity contribution in [3.05, 3.63) is 36.1 Å². The molecule has 1 aliphatic heterocycles. The highest BCUT2D eigenvalue weighted by Gasteiger charge is 2.25. The summed E-state index contributed by atoms with van der Waals surface area (Å²) in [5, 5.41) is 1.10. The largest absolute Gasteiger partial charge is 0.456 e. The molecule has 0 bridgehead atoms. The molecule has 0 aliphatic carbocycles. The zero-order chi connectivity index (χ0) is 13.8. The van der Waals surface area contributed by atoms with Gasteiger partial charge in [0.25, 0.3) is 0 Å². The first-order chi connectivity index (χ1) is 9.86. The second kappa shape index (κ2) is 6.42. The van der Waals surface area contributed by atoms with Gasteiger partial charge in [0.1, 0.15) is 5.58 Å². The third-order valence-corrected chi connectivity index (χ3v) is 3.86. The van der Waals surface area contributed by atoms with E-state index in [9.17, 15) is 0 Å². The van der Waals surface area contributed by atoms with E-state index < -0.39 is 0 Å².